The molecule has 0 radical (unpaired) electrons. The number of amides is 1. The number of aromatic nitrogens is 3. The van der Waals surface area contributed by atoms with Crippen molar-refractivity contribution in [3.05, 3.63) is 53.7 Å². The predicted octanol–water partition coefficient (Wildman–Crippen LogP) is 3.71. The smallest absolute Gasteiger partial charge is 0.263 e. The van der Waals surface area contributed by atoms with E-state index >= 15 is 0 Å². The van der Waals surface area contributed by atoms with E-state index in [2.05, 4.69) is 20.3 Å². The lowest BCUT2D eigenvalue weighted by Crippen LogP contribution is -2.26. The van der Waals surface area contributed by atoms with Gasteiger partial charge in [-0.1, -0.05) is 11.8 Å². The minimum Gasteiger partial charge on any atom is -0.486 e. The summed E-state index contributed by atoms with van der Waals surface area (Å²) in [5, 5.41) is 2.63. The Hall–Kier alpha value is -3.53. The number of hydrogen-bond donors (Lipinski definition) is 1. The number of nitrogens with zero attached hydrogens (tertiary/aromatic N) is 3. The van der Waals surface area contributed by atoms with Crippen LogP contribution in [0, 0.1) is 20.8 Å². The van der Waals surface area contributed by atoms with Crippen molar-refractivity contribution in [3.63, 3.8) is 0 Å². The van der Waals surface area contributed by atoms with Gasteiger partial charge in [0.05, 0.1) is 17.3 Å². The number of thioether (sulfide) groups is 1. The van der Waals surface area contributed by atoms with E-state index < -0.39 is 0 Å². The molecule has 6 rings (SSSR count). The molecule has 0 bridgehead atoms. The average molecular weight is 469 g/mol. The molecule has 3 aliphatic heterocycles. The average Bonchev–Trinajstić information content (AvgIpc) is 3.27. The lowest BCUT2D eigenvalue weighted by molar-refractivity contribution is -0.118. The molecular formula is C23H24N4O5S. The zero-order valence-electron chi connectivity index (χ0n) is 18.6. The normalized spacial score (nSPS) is 14.6. The Morgan fingerprint density at radius 1 is 0.818 bits per heavy atom. The van der Waals surface area contributed by atoms with E-state index in [4.69, 9.17) is 18.9 Å². The number of rotatable bonds is 0. The van der Waals surface area contributed by atoms with Crippen LogP contribution in [0.1, 0.15) is 17.1 Å². The number of anilines is 1. The van der Waals surface area contributed by atoms with Crippen molar-refractivity contribution in [1.82, 2.24) is 15.0 Å². The van der Waals surface area contributed by atoms with Gasteiger partial charge in [-0.05, 0) is 39.0 Å². The molecule has 0 atom stereocenters. The number of fused-ring (bicyclic) bond motifs is 3. The van der Waals surface area contributed by atoms with E-state index in [0.29, 0.717) is 24.8 Å². The fourth-order valence-corrected chi connectivity index (χ4v) is 3.83. The molecule has 172 valence electrons. The zero-order valence-corrected chi connectivity index (χ0v) is 19.4. The highest BCUT2D eigenvalue weighted by atomic mass is 32.2. The predicted molar refractivity (Wildman–Crippen MR) is 123 cm³/mol. The van der Waals surface area contributed by atoms with Gasteiger partial charge in [-0.15, -0.1) is 0 Å². The summed E-state index contributed by atoms with van der Waals surface area (Å²) in [6.07, 6.45) is 3.48. The Kier molecular flexibility index (Phi) is 7.13. The standard InChI is InChI=1S/C8H8N2O2.C8H9NO2.C7H7NOS/c1-5-2-3-6-8(9-5)10-7(11)4-12-6;1-6-4-7-8(5-9-6)11-3-2-10-7;1-5-2-7-6(3-8-5)9-4-10-7/h2-3H,4H2,1H3,(H,9,10,11);4-5H,2-3H2,1H3;2-3H,4H2,1H3. The molecule has 1 amide bonds. The molecule has 0 aromatic carbocycles. The molecule has 0 saturated carbocycles. The molecule has 6 heterocycles. The van der Waals surface area contributed by atoms with E-state index in [9.17, 15) is 4.79 Å². The highest BCUT2D eigenvalue weighted by molar-refractivity contribution is 7.99. The Morgan fingerprint density at radius 2 is 1.55 bits per heavy atom. The number of pyridine rings is 3. The quantitative estimate of drug-likeness (QED) is 0.528. The Labute approximate surface area is 195 Å². The molecule has 10 heteroatoms. The van der Waals surface area contributed by atoms with Crippen LogP contribution in [0.2, 0.25) is 0 Å². The van der Waals surface area contributed by atoms with Crippen LogP contribution in [-0.4, -0.2) is 46.6 Å². The number of hydrogen-bond acceptors (Lipinski definition) is 9. The second-order valence-electron chi connectivity index (χ2n) is 7.28. The fraction of sp³-hybridized carbons (Fsp3) is 0.304. The van der Waals surface area contributed by atoms with E-state index in [-0.39, 0.29) is 12.5 Å². The van der Waals surface area contributed by atoms with Gasteiger partial charge in [-0.25, -0.2) is 4.98 Å². The molecule has 3 aromatic rings. The van der Waals surface area contributed by atoms with Crippen molar-refractivity contribution in [3.8, 4) is 23.0 Å². The van der Waals surface area contributed by atoms with Crippen molar-refractivity contribution in [2.45, 2.75) is 25.7 Å². The lowest BCUT2D eigenvalue weighted by atomic mass is 10.3. The summed E-state index contributed by atoms with van der Waals surface area (Å²) in [5.74, 6) is 4.23. The van der Waals surface area contributed by atoms with Gasteiger partial charge < -0.3 is 24.3 Å². The van der Waals surface area contributed by atoms with Crippen LogP contribution in [0.25, 0.3) is 0 Å². The number of ether oxygens (including phenoxy) is 4. The van der Waals surface area contributed by atoms with Gasteiger partial charge in [-0.3, -0.25) is 14.8 Å². The molecule has 0 spiro atoms. The fourth-order valence-electron chi connectivity index (χ4n) is 3.01. The molecule has 3 aromatic heterocycles. The summed E-state index contributed by atoms with van der Waals surface area (Å²) in [7, 11) is 0. The molecule has 0 fully saturated rings. The van der Waals surface area contributed by atoms with Gasteiger partial charge in [0.15, 0.2) is 35.4 Å². The third-order valence-corrected chi connectivity index (χ3v) is 5.44. The maximum Gasteiger partial charge on any atom is 0.263 e. The SMILES string of the molecule is Cc1cc2c(cn1)OCCO2.Cc1cc2c(cn1)OCS2.Cc1ccc2c(n1)NC(=O)CO2. The summed E-state index contributed by atoms with van der Waals surface area (Å²) in [4.78, 5) is 24.4. The molecule has 0 aliphatic carbocycles. The van der Waals surface area contributed by atoms with Crippen LogP contribution in [-0.2, 0) is 4.79 Å². The highest BCUT2D eigenvalue weighted by Gasteiger charge is 2.16. The van der Waals surface area contributed by atoms with Gasteiger partial charge in [0.25, 0.3) is 5.91 Å². The molecule has 1 N–H and O–H groups in total. The molecule has 9 nitrogen and oxygen atoms in total. The van der Waals surface area contributed by atoms with Crippen molar-refractivity contribution in [2.75, 3.05) is 31.1 Å². The monoisotopic (exact) mass is 468 g/mol. The summed E-state index contributed by atoms with van der Waals surface area (Å²) in [6, 6.07) is 7.58. The van der Waals surface area contributed by atoms with Crippen LogP contribution in [0.15, 0.2) is 41.6 Å². The molecular weight excluding hydrogens is 444 g/mol. The first-order chi connectivity index (χ1) is 16.0. The first-order valence-corrected chi connectivity index (χ1v) is 11.3. The largest absolute Gasteiger partial charge is 0.486 e. The van der Waals surface area contributed by atoms with Crippen LogP contribution < -0.4 is 24.3 Å². The second kappa shape index (κ2) is 10.4. The van der Waals surface area contributed by atoms with Crippen LogP contribution in [0.5, 0.6) is 23.0 Å². The third kappa shape index (κ3) is 6.04. The maximum absolute atomic E-state index is 10.9. The van der Waals surface area contributed by atoms with Crippen molar-refractivity contribution < 1.29 is 23.7 Å². The van der Waals surface area contributed by atoms with Crippen LogP contribution in [0.4, 0.5) is 5.82 Å². The topological polar surface area (TPSA) is 105 Å². The second-order valence-corrected chi connectivity index (χ2v) is 8.25. The zero-order chi connectivity index (χ0) is 23.2. The van der Waals surface area contributed by atoms with Crippen molar-refractivity contribution in [2.24, 2.45) is 0 Å². The van der Waals surface area contributed by atoms with Crippen molar-refractivity contribution >= 4 is 23.5 Å². The summed E-state index contributed by atoms with van der Waals surface area (Å²) in [5.41, 5.74) is 2.87. The van der Waals surface area contributed by atoms with Gasteiger partial charge in [0.1, 0.15) is 19.2 Å². The first-order valence-electron chi connectivity index (χ1n) is 10.3. The van der Waals surface area contributed by atoms with Gasteiger partial charge in [0, 0.05) is 23.1 Å². The van der Waals surface area contributed by atoms with Gasteiger partial charge >= 0.3 is 0 Å². The van der Waals surface area contributed by atoms with E-state index in [1.165, 1.54) is 4.90 Å². The lowest BCUT2D eigenvalue weighted by Gasteiger charge is -2.17. The van der Waals surface area contributed by atoms with E-state index in [1.807, 2.05) is 39.0 Å². The van der Waals surface area contributed by atoms with E-state index in [1.54, 1.807) is 30.2 Å². The third-order valence-electron chi connectivity index (χ3n) is 4.58. The van der Waals surface area contributed by atoms with Crippen LogP contribution >= 0.6 is 11.8 Å². The minimum absolute atomic E-state index is 0.0811. The molecule has 33 heavy (non-hydrogen) atoms. The van der Waals surface area contributed by atoms with Gasteiger partial charge in [0.2, 0.25) is 0 Å². The van der Waals surface area contributed by atoms with E-state index in [0.717, 1.165) is 40.3 Å². The minimum atomic E-state index is -0.152. The van der Waals surface area contributed by atoms with Crippen LogP contribution in [0.3, 0.4) is 0 Å². The Bertz CT molecular complexity index is 1160. The number of carbonyl (C=O) groups excluding carboxylic acids is 1. The summed E-state index contributed by atoms with van der Waals surface area (Å²) in [6.45, 7) is 7.12. The van der Waals surface area contributed by atoms with Gasteiger partial charge in [-0.2, -0.15) is 0 Å². The summed E-state index contributed by atoms with van der Waals surface area (Å²) >= 11 is 1.72. The Morgan fingerprint density at radius 3 is 2.36 bits per heavy atom. The maximum atomic E-state index is 10.9. The number of aryl methyl sites for hydroxylation is 3. The number of nitrogens with one attached hydrogen (secondary N) is 1. The summed E-state index contributed by atoms with van der Waals surface area (Å²) < 4.78 is 21.0. The number of carbonyl (C=O) groups is 1. The molecule has 3 aliphatic rings. The highest BCUT2D eigenvalue weighted by Crippen LogP contribution is 2.35. The first kappa shape index (κ1) is 22.7. The molecule has 0 unspecified atom stereocenters. The van der Waals surface area contributed by atoms with Crippen molar-refractivity contribution in [1.29, 1.82) is 0 Å². The Balaban J connectivity index is 0.000000118. The molecule has 0 saturated heterocycles.